The van der Waals surface area contributed by atoms with Crippen LogP contribution < -0.4 is 0 Å². The van der Waals surface area contributed by atoms with Crippen molar-refractivity contribution in [1.82, 2.24) is 0 Å². The quantitative estimate of drug-likeness (QED) is 0.637. The summed E-state index contributed by atoms with van der Waals surface area (Å²) in [7, 11) is 0. The Balaban J connectivity index is 1.83. The van der Waals surface area contributed by atoms with Crippen molar-refractivity contribution in [3.05, 3.63) is 0 Å². The monoisotopic (exact) mass is 170 g/mol. The number of epoxide rings is 1. The van der Waals surface area contributed by atoms with E-state index in [9.17, 15) is 4.79 Å². The predicted molar refractivity (Wildman–Crippen MR) is 42.9 cm³/mol. The number of ether oxygens (including phenoxy) is 1. The van der Waals surface area contributed by atoms with Crippen molar-refractivity contribution < 1.29 is 14.6 Å². The van der Waals surface area contributed by atoms with Gasteiger partial charge in [-0.1, -0.05) is 19.3 Å². The Morgan fingerprint density at radius 3 is 2.42 bits per heavy atom. The van der Waals surface area contributed by atoms with Crippen LogP contribution in [0.25, 0.3) is 0 Å². The molecule has 12 heavy (non-hydrogen) atoms. The predicted octanol–water partition coefficient (Wildman–Crippen LogP) is 1.42. The second-order valence-electron chi connectivity index (χ2n) is 3.76. The number of carbonyl (C=O) groups is 1. The minimum atomic E-state index is -0.787. The van der Waals surface area contributed by atoms with Gasteiger partial charge in [0, 0.05) is 0 Å². The van der Waals surface area contributed by atoms with Crippen molar-refractivity contribution in [2.24, 2.45) is 5.92 Å². The first-order chi connectivity index (χ1) is 5.79. The third kappa shape index (κ3) is 1.46. The van der Waals surface area contributed by atoms with Crippen molar-refractivity contribution >= 4 is 5.97 Å². The van der Waals surface area contributed by atoms with E-state index >= 15 is 0 Å². The van der Waals surface area contributed by atoms with Crippen LogP contribution in [0.15, 0.2) is 0 Å². The standard InChI is InChI=1S/C9H14O3/c10-9(11)8-7(12-8)6-4-2-1-3-5-6/h6-8H,1-5H2,(H,10,11)/t7-,8+/m1/s1. The van der Waals surface area contributed by atoms with Crippen molar-refractivity contribution in [2.45, 2.75) is 44.3 Å². The third-order valence-electron chi connectivity index (χ3n) is 2.88. The molecule has 0 bridgehead atoms. The van der Waals surface area contributed by atoms with Gasteiger partial charge in [0.15, 0.2) is 6.10 Å². The van der Waals surface area contributed by atoms with Gasteiger partial charge in [0.05, 0.1) is 6.10 Å². The summed E-state index contributed by atoms with van der Waals surface area (Å²) in [5, 5.41) is 8.63. The highest BCUT2D eigenvalue weighted by atomic mass is 16.6. The second-order valence-corrected chi connectivity index (χ2v) is 3.76. The minimum Gasteiger partial charge on any atom is -0.479 e. The van der Waals surface area contributed by atoms with E-state index in [1.54, 1.807) is 0 Å². The molecule has 0 aromatic carbocycles. The van der Waals surface area contributed by atoms with Crippen LogP contribution in [0.4, 0.5) is 0 Å². The first kappa shape index (κ1) is 8.05. The highest BCUT2D eigenvalue weighted by Gasteiger charge is 2.49. The summed E-state index contributed by atoms with van der Waals surface area (Å²) >= 11 is 0. The van der Waals surface area contributed by atoms with Gasteiger partial charge in [0.1, 0.15) is 0 Å². The van der Waals surface area contributed by atoms with Gasteiger partial charge in [-0.3, -0.25) is 0 Å². The van der Waals surface area contributed by atoms with E-state index in [1.165, 1.54) is 19.3 Å². The van der Waals surface area contributed by atoms with E-state index in [2.05, 4.69) is 0 Å². The number of carboxylic acids is 1. The first-order valence-corrected chi connectivity index (χ1v) is 4.67. The van der Waals surface area contributed by atoms with E-state index in [1.807, 2.05) is 0 Å². The lowest BCUT2D eigenvalue weighted by Gasteiger charge is -2.18. The summed E-state index contributed by atoms with van der Waals surface area (Å²) < 4.78 is 5.12. The molecule has 68 valence electrons. The highest BCUT2D eigenvalue weighted by Crippen LogP contribution is 2.38. The molecule has 3 nitrogen and oxygen atoms in total. The molecule has 1 aliphatic heterocycles. The molecule has 2 fully saturated rings. The Hall–Kier alpha value is -0.570. The number of aliphatic carboxylic acids is 1. The summed E-state index contributed by atoms with van der Waals surface area (Å²) in [5.41, 5.74) is 0. The molecule has 0 aromatic rings. The molecular weight excluding hydrogens is 156 g/mol. The van der Waals surface area contributed by atoms with Gasteiger partial charge in [-0.15, -0.1) is 0 Å². The van der Waals surface area contributed by atoms with Crippen LogP contribution in [-0.2, 0) is 9.53 Å². The molecule has 1 aliphatic carbocycles. The molecular formula is C9H14O3. The van der Waals surface area contributed by atoms with Gasteiger partial charge in [-0.2, -0.15) is 0 Å². The molecule has 0 aromatic heterocycles. The lowest BCUT2D eigenvalue weighted by atomic mass is 9.86. The Bertz CT molecular complexity index is 184. The number of hydrogen-bond donors (Lipinski definition) is 1. The molecule has 2 rings (SSSR count). The molecule has 1 saturated carbocycles. The van der Waals surface area contributed by atoms with Crippen molar-refractivity contribution in [2.75, 3.05) is 0 Å². The van der Waals surface area contributed by atoms with E-state index in [0.29, 0.717) is 5.92 Å². The number of hydrogen-bond acceptors (Lipinski definition) is 2. The summed E-state index contributed by atoms with van der Waals surface area (Å²) in [5.74, 6) is -0.259. The van der Waals surface area contributed by atoms with Gasteiger partial charge in [-0.25, -0.2) is 4.79 Å². The summed E-state index contributed by atoms with van der Waals surface area (Å²) in [4.78, 5) is 10.5. The van der Waals surface area contributed by atoms with Crippen LogP contribution in [0.1, 0.15) is 32.1 Å². The largest absolute Gasteiger partial charge is 0.479 e. The topological polar surface area (TPSA) is 49.8 Å². The number of rotatable bonds is 2. The van der Waals surface area contributed by atoms with Gasteiger partial charge >= 0.3 is 5.97 Å². The summed E-state index contributed by atoms with van der Waals surface area (Å²) in [6.07, 6.45) is 5.69. The van der Waals surface area contributed by atoms with E-state index < -0.39 is 12.1 Å². The normalized spacial score (nSPS) is 36.3. The Morgan fingerprint density at radius 2 is 1.92 bits per heavy atom. The summed E-state index contributed by atoms with van der Waals surface area (Å²) in [6, 6.07) is 0. The Kier molecular flexibility index (Phi) is 2.05. The minimum absolute atomic E-state index is 0.0443. The molecule has 1 heterocycles. The van der Waals surface area contributed by atoms with E-state index in [4.69, 9.17) is 9.84 Å². The number of carboxylic acid groups (broad SMARTS) is 1. The lowest BCUT2D eigenvalue weighted by molar-refractivity contribution is -0.138. The molecule has 1 saturated heterocycles. The second kappa shape index (κ2) is 3.05. The molecule has 1 N–H and O–H groups in total. The fourth-order valence-electron chi connectivity index (χ4n) is 2.14. The fourth-order valence-corrected chi connectivity index (χ4v) is 2.14. The van der Waals surface area contributed by atoms with Crippen LogP contribution in [-0.4, -0.2) is 23.3 Å². The third-order valence-corrected chi connectivity index (χ3v) is 2.88. The van der Waals surface area contributed by atoms with Crippen molar-refractivity contribution in [3.63, 3.8) is 0 Å². The van der Waals surface area contributed by atoms with Crippen LogP contribution in [0.3, 0.4) is 0 Å². The highest BCUT2D eigenvalue weighted by molar-refractivity contribution is 5.75. The van der Waals surface area contributed by atoms with E-state index in [-0.39, 0.29) is 6.10 Å². The van der Waals surface area contributed by atoms with Gasteiger partial charge in [0.25, 0.3) is 0 Å². The SMILES string of the molecule is O=C(O)[C@H]1O[C@@H]1C1CCCCC1. The zero-order valence-corrected chi connectivity index (χ0v) is 7.03. The maximum absolute atomic E-state index is 10.5. The smallest absolute Gasteiger partial charge is 0.335 e. The van der Waals surface area contributed by atoms with Crippen LogP contribution in [0, 0.1) is 5.92 Å². The van der Waals surface area contributed by atoms with Crippen molar-refractivity contribution in [3.8, 4) is 0 Å². The molecule has 2 aliphatic rings. The van der Waals surface area contributed by atoms with Crippen LogP contribution in [0.5, 0.6) is 0 Å². The maximum atomic E-state index is 10.5. The average molecular weight is 170 g/mol. The first-order valence-electron chi connectivity index (χ1n) is 4.67. The summed E-state index contributed by atoms with van der Waals surface area (Å²) in [6.45, 7) is 0. The Morgan fingerprint density at radius 1 is 1.25 bits per heavy atom. The zero-order chi connectivity index (χ0) is 8.55. The lowest BCUT2D eigenvalue weighted by Crippen LogP contribution is -2.18. The van der Waals surface area contributed by atoms with Gasteiger partial charge in [0.2, 0.25) is 0 Å². The maximum Gasteiger partial charge on any atom is 0.335 e. The van der Waals surface area contributed by atoms with Gasteiger partial charge < -0.3 is 9.84 Å². The molecule has 2 atom stereocenters. The van der Waals surface area contributed by atoms with Gasteiger partial charge in [-0.05, 0) is 18.8 Å². The molecule has 0 spiro atoms. The average Bonchev–Trinajstić information content (AvgIpc) is 2.84. The van der Waals surface area contributed by atoms with Crippen LogP contribution in [0.2, 0.25) is 0 Å². The molecule has 0 amide bonds. The van der Waals surface area contributed by atoms with E-state index in [0.717, 1.165) is 12.8 Å². The van der Waals surface area contributed by atoms with Crippen molar-refractivity contribution in [1.29, 1.82) is 0 Å². The van der Waals surface area contributed by atoms with Crippen LogP contribution >= 0.6 is 0 Å². The molecule has 0 radical (unpaired) electrons. The zero-order valence-electron chi connectivity index (χ0n) is 7.03. The molecule has 3 heteroatoms. The fraction of sp³-hybridized carbons (Fsp3) is 0.889. The Labute approximate surface area is 71.7 Å². The molecule has 0 unspecified atom stereocenters.